The molecule has 1 aliphatic carbocycles. The fourth-order valence-corrected chi connectivity index (χ4v) is 6.30. The van der Waals surface area contributed by atoms with Gasteiger partial charge in [0.2, 0.25) is 11.8 Å². The van der Waals surface area contributed by atoms with E-state index in [1.165, 1.54) is 4.90 Å². The summed E-state index contributed by atoms with van der Waals surface area (Å²) in [4.78, 5) is 28.1. The van der Waals surface area contributed by atoms with E-state index >= 15 is 0 Å². The molecule has 0 spiro atoms. The van der Waals surface area contributed by atoms with Gasteiger partial charge in [0.15, 0.2) is 8.32 Å². The van der Waals surface area contributed by atoms with Gasteiger partial charge in [0, 0.05) is 5.92 Å². The van der Waals surface area contributed by atoms with Crippen molar-refractivity contribution in [3.05, 3.63) is 42.0 Å². The molecule has 5 atom stereocenters. The average molecular weight is 428 g/mol. The molecule has 1 aromatic carbocycles. The van der Waals surface area contributed by atoms with Gasteiger partial charge >= 0.3 is 0 Å². The number of carbonyl (C=O) groups excluding carboxylic acids is 2. The fraction of sp³-hybridized carbons (Fsp3) is 0.583. The highest BCUT2D eigenvalue weighted by Crippen LogP contribution is 2.49. The monoisotopic (exact) mass is 427 g/mol. The van der Waals surface area contributed by atoms with Gasteiger partial charge in [-0.3, -0.25) is 14.5 Å². The number of hydrogen-bond acceptors (Lipinski definition) is 4. The highest BCUT2D eigenvalue weighted by Gasteiger charge is 2.58. The van der Waals surface area contributed by atoms with Crippen LogP contribution in [0.3, 0.4) is 0 Å². The van der Waals surface area contributed by atoms with Gasteiger partial charge < -0.3 is 9.16 Å². The number of rotatable bonds is 4. The van der Waals surface area contributed by atoms with E-state index in [0.29, 0.717) is 18.7 Å². The number of amides is 2. The van der Waals surface area contributed by atoms with Gasteiger partial charge in [0.05, 0.1) is 36.3 Å². The Hall–Kier alpha value is -1.76. The number of fused-ring (bicyclic) bond motifs is 3. The second-order valence-electron chi connectivity index (χ2n) is 10.4. The molecule has 0 N–H and O–H groups in total. The predicted molar refractivity (Wildman–Crippen MR) is 120 cm³/mol. The number of anilines is 1. The molecule has 162 valence electrons. The van der Waals surface area contributed by atoms with Crippen LogP contribution >= 0.6 is 0 Å². The smallest absolute Gasteiger partial charge is 0.238 e. The summed E-state index contributed by atoms with van der Waals surface area (Å²) in [6.45, 7) is 13.7. The first kappa shape index (κ1) is 21.5. The molecular weight excluding hydrogens is 394 g/mol. The zero-order valence-electron chi connectivity index (χ0n) is 18.8. The van der Waals surface area contributed by atoms with Gasteiger partial charge in [-0.05, 0) is 49.2 Å². The third kappa shape index (κ3) is 3.39. The van der Waals surface area contributed by atoms with Crippen molar-refractivity contribution in [3.63, 3.8) is 0 Å². The van der Waals surface area contributed by atoms with E-state index in [9.17, 15) is 9.59 Å². The summed E-state index contributed by atoms with van der Waals surface area (Å²) in [6, 6.07) is 9.26. The van der Waals surface area contributed by atoms with E-state index in [1.54, 1.807) is 0 Å². The van der Waals surface area contributed by atoms with Gasteiger partial charge in [-0.2, -0.15) is 0 Å². The van der Waals surface area contributed by atoms with Crippen molar-refractivity contribution in [2.75, 3.05) is 11.5 Å². The number of imide groups is 1. The second kappa shape index (κ2) is 7.43. The summed E-state index contributed by atoms with van der Waals surface area (Å²) < 4.78 is 12.8. The molecule has 1 aromatic rings. The van der Waals surface area contributed by atoms with Crippen LogP contribution in [0.15, 0.2) is 42.0 Å². The number of carbonyl (C=O) groups is 2. The Balaban J connectivity index is 1.62. The molecule has 0 bridgehead atoms. The van der Waals surface area contributed by atoms with E-state index in [-0.39, 0.29) is 46.8 Å². The molecule has 4 rings (SSSR count). The van der Waals surface area contributed by atoms with Crippen molar-refractivity contribution in [1.29, 1.82) is 0 Å². The fourth-order valence-electron chi connectivity index (χ4n) is 4.88. The normalized spacial score (nSPS) is 30.2. The molecule has 6 heteroatoms. The van der Waals surface area contributed by atoms with Crippen molar-refractivity contribution in [1.82, 2.24) is 0 Å². The molecule has 0 aromatic heterocycles. The summed E-state index contributed by atoms with van der Waals surface area (Å²) >= 11 is 0. The van der Waals surface area contributed by atoms with Crippen LogP contribution in [-0.4, -0.2) is 38.9 Å². The van der Waals surface area contributed by atoms with Gasteiger partial charge in [0.25, 0.3) is 0 Å². The molecule has 0 radical (unpaired) electrons. The summed E-state index contributed by atoms with van der Waals surface area (Å²) in [7, 11) is -1.98. The highest BCUT2D eigenvalue weighted by atomic mass is 28.4. The first-order valence-electron chi connectivity index (χ1n) is 10.9. The van der Waals surface area contributed by atoms with Crippen LogP contribution < -0.4 is 4.90 Å². The van der Waals surface area contributed by atoms with Gasteiger partial charge in [-0.15, -0.1) is 0 Å². The standard InChI is InChI=1S/C24H33NO4Si/c1-15(29-30(5,6)24(2,3)4)21-19-16(14-28-21)12-13-18-20(19)23(27)25(22(18)26)17-10-8-7-9-11-17/h7-12,15,18-21H,13-14H2,1-6H3/t15-,18+,19-,20+,21-/m0/s1. The minimum absolute atomic E-state index is 0.0879. The minimum atomic E-state index is -1.98. The lowest BCUT2D eigenvalue weighted by Crippen LogP contribution is -2.49. The number of ether oxygens (including phenoxy) is 1. The third-order valence-electron chi connectivity index (χ3n) is 7.49. The number of hydrogen-bond donors (Lipinski definition) is 0. The Kier molecular flexibility index (Phi) is 5.32. The molecule has 5 nitrogen and oxygen atoms in total. The Morgan fingerprint density at radius 2 is 1.77 bits per heavy atom. The lowest BCUT2D eigenvalue weighted by Gasteiger charge is -2.41. The quantitative estimate of drug-likeness (QED) is 0.402. The van der Waals surface area contributed by atoms with E-state index < -0.39 is 8.32 Å². The van der Waals surface area contributed by atoms with Crippen molar-refractivity contribution in [2.45, 2.75) is 64.5 Å². The molecule has 3 aliphatic rings. The molecule has 0 saturated carbocycles. The van der Waals surface area contributed by atoms with Crippen LogP contribution in [0.2, 0.25) is 18.1 Å². The first-order valence-corrected chi connectivity index (χ1v) is 13.8. The topological polar surface area (TPSA) is 55.8 Å². The molecule has 0 unspecified atom stereocenters. The lowest BCUT2D eigenvalue weighted by atomic mass is 9.71. The van der Waals surface area contributed by atoms with Crippen LogP contribution in [0.1, 0.15) is 34.1 Å². The van der Waals surface area contributed by atoms with Crippen LogP contribution in [-0.2, 0) is 18.8 Å². The van der Waals surface area contributed by atoms with Gasteiger partial charge in [-0.1, -0.05) is 45.0 Å². The molecule has 2 saturated heterocycles. The second-order valence-corrected chi connectivity index (χ2v) is 15.1. The summed E-state index contributed by atoms with van der Waals surface area (Å²) in [5.74, 6) is -0.947. The van der Waals surface area contributed by atoms with Crippen molar-refractivity contribution < 1.29 is 18.8 Å². The van der Waals surface area contributed by atoms with E-state index in [2.05, 4.69) is 46.9 Å². The van der Waals surface area contributed by atoms with Gasteiger partial charge in [0.1, 0.15) is 0 Å². The lowest BCUT2D eigenvalue weighted by molar-refractivity contribution is -0.124. The number of para-hydroxylation sites is 1. The maximum Gasteiger partial charge on any atom is 0.238 e. The zero-order valence-corrected chi connectivity index (χ0v) is 19.8. The van der Waals surface area contributed by atoms with E-state index in [0.717, 1.165) is 5.57 Å². The highest BCUT2D eigenvalue weighted by molar-refractivity contribution is 6.74. The van der Waals surface area contributed by atoms with E-state index in [1.807, 2.05) is 30.3 Å². The van der Waals surface area contributed by atoms with Crippen LogP contribution in [0, 0.1) is 17.8 Å². The maximum absolute atomic E-state index is 13.5. The molecule has 2 aliphatic heterocycles. The molecular formula is C24H33NO4Si. The van der Waals surface area contributed by atoms with Crippen LogP contribution in [0.5, 0.6) is 0 Å². The summed E-state index contributed by atoms with van der Waals surface area (Å²) in [6.07, 6.45) is 2.41. The molecule has 2 amide bonds. The molecule has 30 heavy (non-hydrogen) atoms. The summed E-state index contributed by atoms with van der Waals surface area (Å²) in [5, 5.41) is 0.0941. The predicted octanol–water partition coefficient (Wildman–Crippen LogP) is 4.55. The van der Waals surface area contributed by atoms with Crippen molar-refractivity contribution in [2.24, 2.45) is 17.8 Å². The SMILES string of the molecule is C[C@H](O[Si](C)(C)C(C)(C)C)[C@@H]1OCC2=CC[C@H]3C(=O)N(c4ccccc4)C(=O)[C@H]3[C@H]21. The molecule has 2 fully saturated rings. The number of nitrogens with zero attached hydrogens (tertiary/aromatic N) is 1. The first-order chi connectivity index (χ1) is 14.0. The Morgan fingerprint density at radius 1 is 1.10 bits per heavy atom. The maximum atomic E-state index is 13.5. The zero-order chi connectivity index (χ0) is 21.8. The van der Waals surface area contributed by atoms with Crippen LogP contribution in [0.25, 0.3) is 0 Å². The largest absolute Gasteiger partial charge is 0.412 e. The summed E-state index contributed by atoms with van der Waals surface area (Å²) in [5.41, 5.74) is 1.81. The number of allylic oxidation sites excluding steroid dienone is 1. The van der Waals surface area contributed by atoms with Crippen molar-refractivity contribution in [3.8, 4) is 0 Å². The Labute approximate surface area is 180 Å². The number of benzene rings is 1. The molecule has 2 heterocycles. The van der Waals surface area contributed by atoms with Crippen LogP contribution in [0.4, 0.5) is 5.69 Å². The third-order valence-corrected chi connectivity index (χ3v) is 12.1. The minimum Gasteiger partial charge on any atom is -0.412 e. The average Bonchev–Trinajstić information content (AvgIpc) is 3.20. The Morgan fingerprint density at radius 3 is 2.40 bits per heavy atom. The van der Waals surface area contributed by atoms with Crippen molar-refractivity contribution >= 4 is 25.8 Å². The van der Waals surface area contributed by atoms with Gasteiger partial charge in [-0.25, -0.2) is 0 Å². The van der Waals surface area contributed by atoms with E-state index in [4.69, 9.17) is 9.16 Å². The Bertz CT molecular complexity index is 873.